The van der Waals surface area contributed by atoms with Crippen molar-refractivity contribution < 1.29 is 8.42 Å². The van der Waals surface area contributed by atoms with Gasteiger partial charge < -0.3 is 5.73 Å². The number of benzene rings is 1. The van der Waals surface area contributed by atoms with Gasteiger partial charge in [0.25, 0.3) is 0 Å². The van der Waals surface area contributed by atoms with Crippen molar-refractivity contribution in [1.82, 2.24) is 0 Å². The zero-order valence-corrected chi connectivity index (χ0v) is 10.2. The minimum Gasteiger partial charge on any atom is -0.398 e. The summed E-state index contributed by atoms with van der Waals surface area (Å²) >= 11 is 3.25. The number of hydrogen-bond acceptors (Lipinski definition) is 3. The molecule has 0 unspecified atom stereocenters. The molecule has 0 aliphatic rings. The number of hydrogen-bond donors (Lipinski definition) is 2. The summed E-state index contributed by atoms with van der Waals surface area (Å²) in [5.41, 5.74) is 7.56. The van der Waals surface area contributed by atoms with Gasteiger partial charge in [0.2, 0.25) is 10.0 Å². The molecule has 0 radical (unpaired) electrons. The van der Waals surface area contributed by atoms with Crippen molar-refractivity contribution in [2.75, 3.05) is 16.7 Å². The van der Waals surface area contributed by atoms with Gasteiger partial charge in [-0.25, -0.2) is 8.42 Å². The van der Waals surface area contributed by atoms with Gasteiger partial charge in [0.15, 0.2) is 0 Å². The minimum atomic E-state index is -3.26. The predicted molar refractivity (Wildman–Crippen MR) is 61.8 cm³/mol. The molecule has 0 aliphatic heterocycles. The van der Waals surface area contributed by atoms with Gasteiger partial charge in [-0.15, -0.1) is 0 Å². The molecule has 0 aliphatic carbocycles. The molecule has 1 aromatic carbocycles. The quantitative estimate of drug-likeness (QED) is 0.809. The van der Waals surface area contributed by atoms with Crippen molar-refractivity contribution in [2.24, 2.45) is 0 Å². The molecule has 0 aromatic heterocycles. The molecule has 0 atom stereocenters. The van der Waals surface area contributed by atoms with Crippen molar-refractivity contribution in [3.05, 3.63) is 22.2 Å². The SMILES string of the molecule is Cc1cc(Br)c(NS(C)(=O)=O)cc1N. The Kier molecular flexibility index (Phi) is 3.06. The number of halogens is 1. The number of sulfonamides is 1. The Hall–Kier alpha value is -0.750. The maximum Gasteiger partial charge on any atom is 0.229 e. The third-order valence-electron chi connectivity index (χ3n) is 1.65. The van der Waals surface area contributed by atoms with E-state index >= 15 is 0 Å². The van der Waals surface area contributed by atoms with E-state index < -0.39 is 10.0 Å². The Morgan fingerprint density at radius 2 is 2.00 bits per heavy atom. The van der Waals surface area contributed by atoms with Crippen LogP contribution in [0.15, 0.2) is 16.6 Å². The van der Waals surface area contributed by atoms with Crippen molar-refractivity contribution in [1.29, 1.82) is 0 Å². The fourth-order valence-corrected chi connectivity index (χ4v) is 2.22. The molecule has 1 aromatic rings. The standard InChI is InChI=1S/C8H11BrN2O2S/c1-5-3-6(9)8(4-7(5)10)11-14(2,12)13/h3-4,11H,10H2,1-2H3. The van der Waals surface area contributed by atoms with Crippen LogP contribution in [-0.4, -0.2) is 14.7 Å². The van der Waals surface area contributed by atoms with Crippen LogP contribution < -0.4 is 10.5 Å². The molecule has 6 heteroatoms. The zero-order valence-electron chi connectivity index (χ0n) is 7.83. The average molecular weight is 279 g/mol. The highest BCUT2D eigenvalue weighted by Crippen LogP contribution is 2.28. The summed E-state index contributed by atoms with van der Waals surface area (Å²) in [6, 6.07) is 3.35. The Balaban J connectivity index is 3.17. The Morgan fingerprint density at radius 3 is 2.50 bits per heavy atom. The molecule has 78 valence electrons. The number of rotatable bonds is 2. The molecule has 14 heavy (non-hydrogen) atoms. The summed E-state index contributed by atoms with van der Waals surface area (Å²) in [5, 5.41) is 0. The van der Waals surface area contributed by atoms with Crippen molar-refractivity contribution in [3.63, 3.8) is 0 Å². The number of anilines is 2. The normalized spacial score (nSPS) is 11.4. The van der Waals surface area contributed by atoms with E-state index in [1.807, 2.05) is 6.92 Å². The second-order valence-corrected chi connectivity index (χ2v) is 5.67. The molecular formula is C8H11BrN2O2S. The molecule has 0 spiro atoms. The first kappa shape index (κ1) is 11.3. The largest absolute Gasteiger partial charge is 0.398 e. The van der Waals surface area contributed by atoms with Crippen molar-refractivity contribution in [3.8, 4) is 0 Å². The molecule has 0 saturated carbocycles. The third-order valence-corrected chi connectivity index (χ3v) is 2.90. The number of nitrogens with one attached hydrogen (secondary N) is 1. The van der Waals surface area contributed by atoms with E-state index in [9.17, 15) is 8.42 Å². The molecule has 0 heterocycles. The molecule has 4 nitrogen and oxygen atoms in total. The minimum absolute atomic E-state index is 0.454. The van der Waals surface area contributed by atoms with Crippen LogP contribution in [0.4, 0.5) is 11.4 Å². The van der Waals surface area contributed by atoms with E-state index in [-0.39, 0.29) is 0 Å². The predicted octanol–water partition coefficient (Wildman–Crippen LogP) is 1.71. The molecule has 1 rings (SSSR count). The van der Waals surface area contributed by atoms with E-state index in [2.05, 4.69) is 20.7 Å². The van der Waals surface area contributed by atoms with Crippen LogP contribution >= 0.6 is 15.9 Å². The van der Waals surface area contributed by atoms with E-state index in [1.54, 1.807) is 12.1 Å². The first-order valence-electron chi connectivity index (χ1n) is 3.83. The summed E-state index contributed by atoms with van der Waals surface area (Å²) < 4.78 is 25.0. The highest BCUT2D eigenvalue weighted by Gasteiger charge is 2.07. The van der Waals surface area contributed by atoms with Crippen molar-refractivity contribution in [2.45, 2.75) is 6.92 Å². The lowest BCUT2D eigenvalue weighted by atomic mass is 10.2. The summed E-state index contributed by atoms with van der Waals surface area (Å²) in [6.07, 6.45) is 1.09. The van der Waals surface area contributed by atoms with Gasteiger partial charge in [-0.3, -0.25) is 4.72 Å². The van der Waals surface area contributed by atoms with E-state index in [1.165, 1.54) is 0 Å². The molecule has 0 amide bonds. The van der Waals surface area contributed by atoms with E-state index in [0.717, 1.165) is 11.8 Å². The van der Waals surface area contributed by atoms with Crippen LogP contribution in [0, 0.1) is 6.92 Å². The first-order valence-corrected chi connectivity index (χ1v) is 6.51. The lowest BCUT2D eigenvalue weighted by Gasteiger charge is -2.09. The maximum atomic E-state index is 11.0. The summed E-state index contributed by atoms with van der Waals surface area (Å²) in [5.74, 6) is 0. The van der Waals surface area contributed by atoms with Gasteiger partial charge in [0, 0.05) is 10.2 Å². The summed E-state index contributed by atoms with van der Waals surface area (Å²) in [7, 11) is -3.26. The van der Waals surface area contributed by atoms with Gasteiger partial charge in [0.05, 0.1) is 11.9 Å². The zero-order chi connectivity index (χ0) is 10.9. The molecule has 0 fully saturated rings. The van der Waals surface area contributed by atoms with Crippen LogP contribution in [0.25, 0.3) is 0 Å². The third kappa shape index (κ3) is 2.88. The highest BCUT2D eigenvalue weighted by molar-refractivity contribution is 9.10. The van der Waals surface area contributed by atoms with Crippen LogP contribution in [0.1, 0.15) is 5.56 Å². The molecular weight excluding hydrogens is 268 g/mol. The second-order valence-electron chi connectivity index (χ2n) is 3.06. The van der Waals surface area contributed by atoms with Gasteiger partial charge in [-0.1, -0.05) is 0 Å². The number of nitrogen functional groups attached to an aromatic ring is 1. The lowest BCUT2D eigenvalue weighted by Crippen LogP contribution is -2.10. The summed E-state index contributed by atoms with van der Waals surface area (Å²) in [4.78, 5) is 0. The molecule has 0 bridgehead atoms. The second kappa shape index (κ2) is 3.78. The average Bonchev–Trinajstić information content (AvgIpc) is 1.97. The topological polar surface area (TPSA) is 72.2 Å². The smallest absolute Gasteiger partial charge is 0.229 e. The Labute approximate surface area is 91.7 Å². The maximum absolute atomic E-state index is 11.0. The Morgan fingerprint density at radius 1 is 1.43 bits per heavy atom. The summed E-state index contributed by atoms with van der Waals surface area (Å²) in [6.45, 7) is 1.85. The van der Waals surface area contributed by atoms with Gasteiger partial charge in [0.1, 0.15) is 0 Å². The Bertz CT molecular complexity index is 457. The number of nitrogens with two attached hydrogens (primary N) is 1. The molecule has 3 N–H and O–H groups in total. The number of aryl methyl sites for hydroxylation is 1. The monoisotopic (exact) mass is 278 g/mol. The van der Waals surface area contributed by atoms with Crippen LogP contribution in [0.5, 0.6) is 0 Å². The van der Waals surface area contributed by atoms with E-state index in [0.29, 0.717) is 15.8 Å². The van der Waals surface area contributed by atoms with Gasteiger partial charge in [-0.2, -0.15) is 0 Å². The van der Waals surface area contributed by atoms with Gasteiger partial charge in [-0.05, 0) is 40.5 Å². The first-order chi connectivity index (χ1) is 6.29. The fourth-order valence-electron chi connectivity index (χ4n) is 0.967. The van der Waals surface area contributed by atoms with Crippen molar-refractivity contribution >= 4 is 37.3 Å². The fraction of sp³-hybridized carbons (Fsp3) is 0.250. The lowest BCUT2D eigenvalue weighted by molar-refractivity contribution is 0.607. The molecule has 0 saturated heterocycles. The van der Waals surface area contributed by atoms with Crippen LogP contribution in [-0.2, 0) is 10.0 Å². The van der Waals surface area contributed by atoms with Crippen LogP contribution in [0.2, 0.25) is 0 Å². The van der Waals surface area contributed by atoms with E-state index in [4.69, 9.17) is 5.73 Å². The highest BCUT2D eigenvalue weighted by atomic mass is 79.9. The van der Waals surface area contributed by atoms with Gasteiger partial charge >= 0.3 is 0 Å². The van der Waals surface area contributed by atoms with Crippen LogP contribution in [0.3, 0.4) is 0 Å².